The lowest BCUT2D eigenvalue weighted by molar-refractivity contribution is -0.131. The van der Waals surface area contributed by atoms with E-state index in [0.717, 1.165) is 36.1 Å². The summed E-state index contributed by atoms with van der Waals surface area (Å²) in [5.41, 5.74) is 9.22. The summed E-state index contributed by atoms with van der Waals surface area (Å²) in [7, 11) is 1.91. The van der Waals surface area contributed by atoms with Crippen LogP contribution in [-0.2, 0) is 16.6 Å². The first-order valence-electron chi connectivity index (χ1n) is 11.7. The zero-order valence-corrected chi connectivity index (χ0v) is 19.6. The zero-order chi connectivity index (χ0) is 23.1. The average molecular weight is 440 g/mol. The number of carbonyl (C=O) groups excluding carboxylic acids is 2. The highest BCUT2D eigenvalue weighted by atomic mass is 16.2. The van der Waals surface area contributed by atoms with Crippen molar-refractivity contribution in [1.82, 2.24) is 20.0 Å². The van der Waals surface area contributed by atoms with E-state index in [1.165, 1.54) is 32.1 Å². The summed E-state index contributed by atoms with van der Waals surface area (Å²) in [6, 6.07) is 9.61. The normalized spacial score (nSPS) is 20.8. The van der Waals surface area contributed by atoms with E-state index in [1.54, 1.807) is 11.1 Å². The van der Waals surface area contributed by atoms with Crippen molar-refractivity contribution in [1.29, 1.82) is 0 Å². The molecule has 4 rings (SSSR count). The van der Waals surface area contributed by atoms with Crippen molar-refractivity contribution < 1.29 is 9.59 Å². The molecule has 2 aromatic rings. The number of carbonyl (C=O) groups is 2. The van der Waals surface area contributed by atoms with E-state index in [0.29, 0.717) is 6.54 Å². The van der Waals surface area contributed by atoms with Gasteiger partial charge in [-0.25, -0.2) is 0 Å². The number of aromatic nitrogens is 2. The minimum absolute atomic E-state index is 0.0807. The number of likely N-dealkylation sites (tertiary alicyclic amines) is 1. The number of nitrogens with two attached hydrogens (primary N) is 1. The van der Waals surface area contributed by atoms with Gasteiger partial charge in [-0.1, -0.05) is 43.5 Å². The van der Waals surface area contributed by atoms with Gasteiger partial charge in [0.2, 0.25) is 12.3 Å². The maximum atomic E-state index is 12.4. The van der Waals surface area contributed by atoms with Gasteiger partial charge in [-0.05, 0) is 56.7 Å². The molecule has 0 bridgehead atoms. The first kappa shape index (κ1) is 24.0. The van der Waals surface area contributed by atoms with Gasteiger partial charge in [0.05, 0.1) is 11.7 Å². The molecular weight excluding hydrogens is 402 g/mol. The number of nitrogens with zero attached hydrogens (tertiary/aromatic N) is 3. The fraction of sp³-hybridized carbons (Fsp3) is 0.560. The van der Waals surface area contributed by atoms with Crippen LogP contribution in [0.25, 0.3) is 11.3 Å². The smallest absolute Gasteiger partial charge is 0.243 e. The quantitative estimate of drug-likeness (QED) is 0.697. The molecule has 1 aromatic carbocycles. The van der Waals surface area contributed by atoms with Crippen molar-refractivity contribution in [3.63, 3.8) is 0 Å². The lowest BCUT2D eigenvalue weighted by Crippen LogP contribution is -2.43. The van der Waals surface area contributed by atoms with Crippen molar-refractivity contribution in [2.75, 3.05) is 6.54 Å². The molecule has 0 radical (unpaired) electrons. The minimum atomic E-state index is -0.335. The Hall–Kier alpha value is -2.67. The van der Waals surface area contributed by atoms with Gasteiger partial charge in [-0.15, -0.1) is 0 Å². The van der Waals surface area contributed by atoms with Gasteiger partial charge in [0.25, 0.3) is 0 Å². The van der Waals surface area contributed by atoms with Crippen LogP contribution in [0.3, 0.4) is 0 Å². The third kappa shape index (κ3) is 6.19. The Balaban J connectivity index is 0.000000305. The highest BCUT2D eigenvalue weighted by Crippen LogP contribution is 2.24. The zero-order valence-electron chi connectivity index (χ0n) is 19.6. The largest absolute Gasteiger partial charge is 0.348 e. The van der Waals surface area contributed by atoms with E-state index in [-0.39, 0.29) is 23.5 Å². The Bertz CT molecular complexity index is 882. The molecule has 174 valence electrons. The summed E-state index contributed by atoms with van der Waals surface area (Å²) >= 11 is 0. The highest BCUT2D eigenvalue weighted by Gasteiger charge is 2.30. The second kappa shape index (κ2) is 10.8. The molecule has 1 aliphatic carbocycles. The van der Waals surface area contributed by atoms with Crippen LogP contribution in [0, 0.1) is 0 Å². The van der Waals surface area contributed by atoms with E-state index >= 15 is 0 Å². The van der Waals surface area contributed by atoms with Crippen LogP contribution < -0.4 is 11.1 Å². The number of nitrogens with one attached hydrogen (secondary N) is 1. The molecule has 2 aliphatic rings. The van der Waals surface area contributed by atoms with Crippen LogP contribution in [0.5, 0.6) is 0 Å². The van der Waals surface area contributed by atoms with Gasteiger partial charge < -0.3 is 16.0 Å². The highest BCUT2D eigenvalue weighted by molar-refractivity contribution is 5.84. The maximum Gasteiger partial charge on any atom is 0.243 e. The molecule has 1 saturated heterocycles. The number of benzene rings is 1. The van der Waals surface area contributed by atoms with Gasteiger partial charge in [-0.3, -0.25) is 14.3 Å². The Kier molecular flexibility index (Phi) is 8.07. The van der Waals surface area contributed by atoms with Crippen molar-refractivity contribution >= 4 is 12.3 Å². The first-order chi connectivity index (χ1) is 15.3. The molecule has 2 atom stereocenters. The van der Waals surface area contributed by atoms with E-state index in [9.17, 15) is 9.59 Å². The monoisotopic (exact) mass is 439 g/mol. The van der Waals surface area contributed by atoms with Crippen LogP contribution in [0.1, 0.15) is 70.4 Å². The standard InChI is InChI=1S/C18H22N4O2.C7H15N/c1-13(20-18(24)17-4-3-11-22(17)12-23)14-5-7-15(8-6-14)16-9-10-19-21(16)2;1-7(8)5-3-2-4-6-7/h5-10,12-13,17H,3-4,11H2,1-2H3,(H,20,24);2-6,8H2,1H3. The second-order valence-electron chi connectivity index (χ2n) is 9.41. The van der Waals surface area contributed by atoms with Crippen LogP contribution in [0.4, 0.5) is 0 Å². The summed E-state index contributed by atoms with van der Waals surface area (Å²) in [5.74, 6) is -0.0807. The summed E-state index contributed by atoms with van der Waals surface area (Å²) in [6.45, 7) is 4.78. The number of aryl methyl sites for hydroxylation is 1. The number of hydrogen-bond acceptors (Lipinski definition) is 4. The van der Waals surface area contributed by atoms with Gasteiger partial charge in [0, 0.05) is 25.3 Å². The van der Waals surface area contributed by atoms with Gasteiger partial charge >= 0.3 is 0 Å². The van der Waals surface area contributed by atoms with Crippen LogP contribution in [-0.4, -0.2) is 45.1 Å². The predicted molar refractivity (Wildman–Crippen MR) is 127 cm³/mol. The van der Waals surface area contributed by atoms with Gasteiger partial charge in [0.1, 0.15) is 6.04 Å². The van der Waals surface area contributed by atoms with Crippen molar-refractivity contribution in [2.45, 2.75) is 76.4 Å². The molecule has 1 aromatic heterocycles. The third-order valence-corrected chi connectivity index (χ3v) is 6.61. The number of amides is 2. The predicted octanol–water partition coefficient (Wildman–Crippen LogP) is 3.55. The molecule has 3 N–H and O–H groups in total. The third-order valence-electron chi connectivity index (χ3n) is 6.61. The van der Waals surface area contributed by atoms with Crippen LogP contribution in [0.2, 0.25) is 0 Å². The van der Waals surface area contributed by atoms with Crippen LogP contribution >= 0.6 is 0 Å². The summed E-state index contributed by atoms with van der Waals surface area (Å²) < 4.78 is 1.83. The molecule has 1 saturated carbocycles. The minimum Gasteiger partial charge on any atom is -0.348 e. The molecule has 1 aliphatic heterocycles. The SMILES string of the molecule is CC(NC(=O)C1CCCN1C=O)c1ccc(-c2ccnn2C)cc1.CC1(N)CCCCC1. The molecular formula is C25H37N5O2. The van der Waals surface area contributed by atoms with E-state index in [2.05, 4.69) is 17.3 Å². The number of rotatable bonds is 5. The van der Waals surface area contributed by atoms with Crippen molar-refractivity contribution in [2.24, 2.45) is 12.8 Å². The molecule has 2 amide bonds. The van der Waals surface area contributed by atoms with E-state index in [4.69, 9.17) is 5.73 Å². The molecule has 0 spiro atoms. The Morgan fingerprint density at radius 3 is 2.41 bits per heavy atom. The second-order valence-corrected chi connectivity index (χ2v) is 9.41. The molecule has 7 nitrogen and oxygen atoms in total. The molecule has 2 unspecified atom stereocenters. The van der Waals surface area contributed by atoms with Gasteiger partial charge in [0.15, 0.2) is 0 Å². The topological polar surface area (TPSA) is 93.2 Å². The van der Waals surface area contributed by atoms with E-state index < -0.39 is 0 Å². The maximum absolute atomic E-state index is 12.4. The van der Waals surface area contributed by atoms with E-state index in [1.807, 2.05) is 49.0 Å². The molecule has 2 heterocycles. The number of hydrogen-bond donors (Lipinski definition) is 2. The summed E-state index contributed by atoms with van der Waals surface area (Å²) in [4.78, 5) is 24.9. The summed E-state index contributed by atoms with van der Waals surface area (Å²) in [5, 5.41) is 7.19. The lowest BCUT2D eigenvalue weighted by atomic mass is 9.84. The molecule has 2 fully saturated rings. The van der Waals surface area contributed by atoms with Gasteiger partial charge in [-0.2, -0.15) is 5.10 Å². The Morgan fingerprint density at radius 1 is 1.19 bits per heavy atom. The first-order valence-corrected chi connectivity index (χ1v) is 11.7. The average Bonchev–Trinajstić information content (AvgIpc) is 3.43. The molecule has 7 heteroatoms. The van der Waals surface area contributed by atoms with Crippen LogP contribution in [0.15, 0.2) is 36.5 Å². The lowest BCUT2D eigenvalue weighted by Gasteiger charge is -2.28. The fourth-order valence-corrected chi connectivity index (χ4v) is 4.55. The molecule has 32 heavy (non-hydrogen) atoms. The van der Waals surface area contributed by atoms with Crippen molar-refractivity contribution in [3.05, 3.63) is 42.1 Å². The van der Waals surface area contributed by atoms with Crippen molar-refractivity contribution in [3.8, 4) is 11.3 Å². The Morgan fingerprint density at radius 2 is 1.88 bits per heavy atom. The fourth-order valence-electron chi connectivity index (χ4n) is 4.55. The Labute approximate surface area is 191 Å². The summed E-state index contributed by atoms with van der Waals surface area (Å²) in [6.07, 6.45) is 10.7.